The smallest absolute Gasteiger partial charge is 0.0830 e. The second-order valence-corrected chi connectivity index (χ2v) is 4.73. The van der Waals surface area contributed by atoms with Gasteiger partial charge in [0.2, 0.25) is 0 Å². The van der Waals surface area contributed by atoms with Crippen molar-refractivity contribution in [3.05, 3.63) is 35.9 Å². The van der Waals surface area contributed by atoms with Crippen LogP contribution in [0, 0.1) is 5.41 Å². The molecule has 0 N–H and O–H groups in total. The molecule has 0 saturated heterocycles. The Labute approximate surface area is 106 Å². The molecule has 0 aromatic heterocycles. The molecule has 1 rings (SSSR count). The average molecular weight is 315 g/mol. The van der Waals surface area contributed by atoms with Crippen molar-refractivity contribution >= 4 is 28.6 Å². The van der Waals surface area contributed by atoms with Gasteiger partial charge in [-0.1, -0.05) is 44.2 Å². The zero-order chi connectivity index (χ0) is 11.3. The molecule has 1 aromatic carbocycles. The first-order chi connectivity index (χ1) is 7.12. The van der Waals surface area contributed by atoms with Crippen LogP contribution in [0.5, 0.6) is 0 Å². The Morgan fingerprint density at radius 1 is 1.33 bits per heavy atom. The normalized spacial score (nSPS) is 16.1. The van der Waals surface area contributed by atoms with Crippen LogP contribution in [-0.4, -0.2) is 5.71 Å². The summed E-state index contributed by atoms with van der Waals surface area (Å²) in [5, 5.41) is 0. The fourth-order valence-electron chi connectivity index (χ4n) is 1.66. The Morgan fingerprint density at radius 2 is 1.93 bits per heavy atom. The molecule has 1 nitrogen and oxygen atoms in total. The van der Waals surface area contributed by atoms with Gasteiger partial charge in [0.1, 0.15) is 0 Å². The van der Waals surface area contributed by atoms with Crippen LogP contribution in [0.25, 0.3) is 0 Å². The van der Waals surface area contributed by atoms with E-state index in [9.17, 15) is 0 Å². The van der Waals surface area contributed by atoms with Gasteiger partial charge in [-0.25, -0.2) is 3.21 Å². The molecule has 1 aromatic rings. The topological polar surface area (TPSA) is 12.4 Å². The maximum Gasteiger partial charge on any atom is 0.0830 e. The van der Waals surface area contributed by atoms with E-state index in [0.717, 1.165) is 12.8 Å². The summed E-state index contributed by atoms with van der Waals surface area (Å²) < 4.78 is 4.31. The molecule has 2 heteroatoms. The highest BCUT2D eigenvalue weighted by Crippen LogP contribution is 2.29. The summed E-state index contributed by atoms with van der Waals surface area (Å²) >= 11 is 2.09. The Hall–Kier alpha value is -0.380. The summed E-state index contributed by atoms with van der Waals surface area (Å²) in [7, 11) is 0. The van der Waals surface area contributed by atoms with Crippen molar-refractivity contribution in [1.82, 2.24) is 0 Å². The van der Waals surface area contributed by atoms with Gasteiger partial charge in [0.25, 0.3) is 0 Å². The first kappa shape index (κ1) is 12.7. The van der Waals surface area contributed by atoms with Crippen LogP contribution in [0.15, 0.2) is 33.5 Å². The summed E-state index contributed by atoms with van der Waals surface area (Å²) in [6.45, 7) is 6.64. The molecule has 0 aliphatic heterocycles. The van der Waals surface area contributed by atoms with E-state index in [1.165, 1.54) is 11.3 Å². The standard InChI is InChI=1S/C13H18IN/c1-4-13(3,11(2)15-14)10-12-8-6-5-7-9-12/h5-9H,4,10H2,1-3H3. The third-order valence-corrected chi connectivity index (χ3v) is 3.94. The minimum atomic E-state index is 0.197. The van der Waals surface area contributed by atoms with Crippen LogP contribution in [-0.2, 0) is 6.42 Å². The highest BCUT2D eigenvalue weighted by atomic mass is 127. The molecular weight excluding hydrogens is 297 g/mol. The maximum atomic E-state index is 4.31. The lowest BCUT2D eigenvalue weighted by atomic mass is 9.77. The van der Waals surface area contributed by atoms with E-state index in [0.29, 0.717) is 0 Å². The van der Waals surface area contributed by atoms with Gasteiger partial charge >= 0.3 is 0 Å². The van der Waals surface area contributed by atoms with Crippen LogP contribution in [0.3, 0.4) is 0 Å². The molecule has 0 spiro atoms. The first-order valence-electron chi connectivity index (χ1n) is 5.32. The average Bonchev–Trinajstić information content (AvgIpc) is 2.29. The number of halogens is 1. The summed E-state index contributed by atoms with van der Waals surface area (Å²) in [6.07, 6.45) is 2.20. The van der Waals surface area contributed by atoms with E-state index < -0.39 is 0 Å². The molecule has 0 fully saturated rings. The van der Waals surface area contributed by atoms with E-state index in [4.69, 9.17) is 0 Å². The largest absolute Gasteiger partial charge is 0.224 e. The van der Waals surface area contributed by atoms with Crippen LogP contribution in [0.2, 0.25) is 0 Å². The lowest BCUT2D eigenvalue weighted by molar-refractivity contribution is 0.446. The lowest BCUT2D eigenvalue weighted by Gasteiger charge is -2.27. The molecule has 82 valence electrons. The van der Waals surface area contributed by atoms with Gasteiger partial charge in [0, 0.05) is 11.1 Å². The van der Waals surface area contributed by atoms with Gasteiger partial charge in [0.05, 0.1) is 22.9 Å². The quantitative estimate of drug-likeness (QED) is 0.575. The highest BCUT2D eigenvalue weighted by Gasteiger charge is 2.25. The van der Waals surface area contributed by atoms with Crippen molar-refractivity contribution in [2.45, 2.75) is 33.6 Å². The van der Waals surface area contributed by atoms with Crippen LogP contribution in [0.1, 0.15) is 32.8 Å². The maximum absolute atomic E-state index is 4.31. The van der Waals surface area contributed by atoms with Gasteiger partial charge in [-0.3, -0.25) is 0 Å². The summed E-state index contributed by atoms with van der Waals surface area (Å²) in [6, 6.07) is 10.6. The Balaban J connectivity index is 2.87. The predicted octanol–water partition coefficient (Wildman–Crippen LogP) is 4.46. The third kappa shape index (κ3) is 3.30. The van der Waals surface area contributed by atoms with Crippen molar-refractivity contribution in [3.8, 4) is 0 Å². The first-order valence-corrected chi connectivity index (χ1v) is 6.29. The third-order valence-electron chi connectivity index (χ3n) is 3.22. The minimum Gasteiger partial charge on any atom is -0.224 e. The van der Waals surface area contributed by atoms with E-state index in [2.05, 4.69) is 77.2 Å². The van der Waals surface area contributed by atoms with Crippen molar-refractivity contribution in [2.75, 3.05) is 0 Å². The second kappa shape index (κ2) is 5.64. The number of rotatable bonds is 4. The summed E-state index contributed by atoms with van der Waals surface area (Å²) in [4.78, 5) is 0. The minimum absolute atomic E-state index is 0.197. The molecule has 0 aliphatic carbocycles. The summed E-state index contributed by atoms with van der Waals surface area (Å²) in [5.74, 6) is 0. The van der Waals surface area contributed by atoms with Crippen LogP contribution < -0.4 is 0 Å². The second-order valence-electron chi connectivity index (χ2n) is 4.25. The molecule has 0 aliphatic rings. The van der Waals surface area contributed by atoms with Gasteiger partial charge in [0.15, 0.2) is 0 Å². The van der Waals surface area contributed by atoms with Crippen molar-refractivity contribution in [2.24, 2.45) is 8.62 Å². The number of hydrogen-bond acceptors (Lipinski definition) is 1. The number of nitrogens with zero attached hydrogens (tertiary/aromatic N) is 1. The molecule has 0 amide bonds. The molecule has 0 radical (unpaired) electrons. The van der Waals surface area contributed by atoms with Gasteiger partial charge in [-0.05, 0) is 25.3 Å². The molecule has 1 unspecified atom stereocenters. The summed E-state index contributed by atoms with van der Waals surface area (Å²) in [5.41, 5.74) is 2.82. The van der Waals surface area contributed by atoms with Gasteiger partial charge < -0.3 is 0 Å². The van der Waals surface area contributed by atoms with E-state index >= 15 is 0 Å². The van der Waals surface area contributed by atoms with Crippen molar-refractivity contribution in [1.29, 1.82) is 0 Å². The van der Waals surface area contributed by atoms with Crippen molar-refractivity contribution < 1.29 is 0 Å². The van der Waals surface area contributed by atoms with E-state index in [1.54, 1.807) is 0 Å². The van der Waals surface area contributed by atoms with E-state index in [1.807, 2.05) is 0 Å². The lowest BCUT2D eigenvalue weighted by Crippen LogP contribution is -2.27. The Bertz CT molecular complexity index is 332. The van der Waals surface area contributed by atoms with Crippen molar-refractivity contribution in [3.63, 3.8) is 0 Å². The van der Waals surface area contributed by atoms with Gasteiger partial charge in [-0.15, -0.1) is 0 Å². The Morgan fingerprint density at radius 3 is 2.40 bits per heavy atom. The highest BCUT2D eigenvalue weighted by molar-refractivity contribution is 14.1. The molecular formula is C13H18IN. The fraction of sp³-hybridized carbons (Fsp3) is 0.462. The predicted molar refractivity (Wildman–Crippen MR) is 75.7 cm³/mol. The van der Waals surface area contributed by atoms with E-state index in [-0.39, 0.29) is 5.41 Å². The van der Waals surface area contributed by atoms with Crippen LogP contribution >= 0.6 is 22.9 Å². The monoisotopic (exact) mass is 315 g/mol. The Kier molecular flexibility index (Phi) is 4.77. The van der Waals surface area contributed by atoms with Crippen LogP contribution in [0.4, 0.5) is 0 Å². The fourth-order valence-corrected chi connectivity index (χ4v) is 2.24. The zero-order valence-electron chi connectivity index (χ0n) is 9.63. The molecule has 0 bridgehead atoms. The molecule has 0 saturated carbocycles. The molecule has 0 heterocycles. The molecule has 15 heavy (non-hydrogen) atoms. The molecule has 1 atom stereocenters. The van der Waals surface area contributed by atoms with Gasteiger partial charge in [-0.2, -0.15) is 0 Å². The zero-order valence-corrected chi connectivity index (χ0v) is 11.8. The number of benzene rings is 1. The SMILES string of the molecule is CCC(C)(Cc1ccccc1)C(C)=NI. The number of hydrogen-bond donors (Lipinski definition) is 0.